The Labute approximate surface area is 81.0 Å². The van der Waals surface area contributed by atoms with Crippen LogP contribution < -0.4 is 0 Å². The molecule has 0 aromatic carbocycles. The van der Waals surface area contributed by atoms with Crippen molar-refractivity contribution >= 4 is 0 Å². The minimum atomic E-state index is -1.21. The van der Waals surface area contributed by atoms with E-state index in [0.29, 0.717) is 13.2 Å². The average molecular weight is 206 g/mol. The zero-order valence-electron chi connectivity index (χ0n) is 7.57. The summed E-state index contributed by atoms with van der Waals surface area (Å²) in [6.45, 7) is 0.965. The van der Waals surface area contributed by atoms with Gasteiger partial charge in [0, 0.05) is 0 Å². The van der Waals surface area contributed by atoms with Crippen LogP contribution in [0.3, 0.4) is 0 Å². The van der Waals surface area contributed by atoms with E-state index in [-0.39, 0.29) is 12.7 Å². The van der Waals surface area contributed by atoms with E-state index in [4.69, 9.17) is 19.3 Å². The third-order valence-electron chi connectivity index (χ3n) is 2.30. The van der Waals surface area contributed by atoms with Gasteiger partial charge in [-0.3, -0.25) is 0 Å². The third-order valence-corrected chi connectivity index (χ3v) is 2.30. The van der Waals surface area contributed by atoms with Crippen molar-refractivity contribution in [3.05, 3.63) is 0 Å². The lowest BCUT2D eigenvalue weighted by Gasteiger charge is -2.34. The predicted molar refractivity (Wildman–Crippen MR) is 43.5 cm³/mol. The highest BCUT2D eigenvalue weighted by Crippen LogP contribution is 2.18. The molecule has 0 aliphatic carbocycles. The highest BCUT2D eigenvalue weighted by molar-refractivity contribution is 4.83. The van der Waals surface area contributed by atoms with E-state index in [2.05, 4.69) is 0 Å². The maximum absolute atomic E-state index is 9.44. The zero-order valence-corrected chi connectivity index (χ0v) is 7.57. The second-order valence-electron chi connectivity index (χ2n) is 3.54. The molecule has 2 aliphatic rings. The molecule has 0 amide bonds. The normalized spacial score (nSPS) is 47.8. The number of hydrogen-bond acceptors (Lipinski definition) is 6. The van der Waals surface area contributed by atoms with Crippen molar-refractivity contribution in [2.24, 2.45) is 0 Å². The Kier molecular flexibility index (Phi) is 3.01. The van der Waals surface area contributed by atoms with Crippen LogP contribution in [0.5, 0.6) is 0 Å². The van der Waals surface area contributed by atoms with Gasteiger partial charge in [0.2, 0.25) is 0 Å². The van der Waals surface area contributed by atoms with Crippen LogP contribution in [0.1, 0.15) is 0 Å². The molecule has 0 unspecified atom stereocenters. The third kappa shape index (κ3) is 2.22. The topological polar surface area (TPSA) is 91.7 Å². The van der Waals surface area contributed by atoms with Gasteiger partial charge in [-0.15, -0.1) is 0 Å². The maximum Gasteiger partial charge on any atom is 0.186 e. The van der Waals surface area contributed by atoms with E-state index in [9.17, 15) is 10.2 Å². The molecule has 6 heteroatoms. The first kappa shape index (κ1) is 10.3. The van der Waals surface area contributed by atoms with Gasteiger partial charge in [0.05, 0.1) is 19.8 Å². The van der Waals surface area contributed by atoms with Crippen LogP contribution in [0.4, 0.5) is 0 Å². The molecule has 0 bridgehead atoms. The van der Waals surface area contributed by atoms with Crippen LogP contribution in [-0.2, 0) is 14.2 Å². The molecule has 2 heterocycles. The Morgan fingerprint density at radius 1 is 1.07 bits per heavy atom. The highest BCUT2D eigenvalue weighted by atomic mass is 16.7. The second-order valence-corrected chi connectivity index (χ2v) is 3.54. The Balaban J connectivity index is 1.79. The van der Waals surface area contributed by atoms with Crippen molar-refractivity contribution in [2.45, 2.75) is 30.7 Å². The van der Waals surface area contributed by atoms with E-state index < -0.39 is 24.6 Å². The quantitative estimate of drug-likeness (QED) is 0.456. The number of rotatable bonds is 3. The molecule has 14 heavy (non-hydrogen) atoms. The molecular weight excluding hydrogens is 192 g/mol. The Morgan fingerprint density at radius 3 is 2.43 bits per heavy atom. The van der Waals surface area contributed by atoms with E-state index in [1.807, 2.05) is 0 Å². The molecule has 0 saturated carbocycles. The summed E-state index contributed by atoms with van der Waals surface area (Å²) in [6, 6.07) is 0. The summed E-state index contributed by atoms with van der Waals surface area (Å²) in [5.74, 6) is 0. The monoisotopic (exact) mass is 206 g/mol. The summed E-state index contributed by atoms with van der Waals surface area (Å²) in [5.41, 5.74) is 0. The molecule has 5 atom stereocenters. The standard InChI is InChI=1S/C8H14O6/c9-5-3-14-8(7(11)6(5)10)13-2-4-1-12-4/h4-11H,1-3H2/t4-,5-,6+,7-,8-/m1/s1. The lowest BCUT2D eigenvalue weighted by atomic mass is 10.1. The second kappa shape index (κ2) is 4.09. The number of hydrogen-bond donors (Lipinski definition) is 3. The molecule has 82 valence electrons. The first-order chi connectivity index (χ1) is 6.68. The van der Waals surface area contributed by atoms with Gasteiger partial charge < -0.3 is 29.5 Å². The van der Waals surface area contributed by atoms with Crippen molar-refractivity contribution < 1.29 is 29.5 Å². The number of aliphatic hydroxyl groups is 3. The summed E-state index contributed by atoms with van der Waals surface area (Å²) in [4.78, 5) is 0. The van der Waals surface area contributed by atoms with Crippen LogP contribution in [0.2, 0.25) is 0 Å². The molecule has 2 fully saturated rings. The van der Waals surface area contributed by atoms with E-state index in [1.54, 1.807) is 0 Å². The molecule has 3 N–H and O–H groups in total. The lowest BCUT2D eigenvalue weighted by molar-refractivity contribution is -0.270. The predicted octanol–water partition coefficient (Wildman–Crippen LogP) is -2.16. The number of epoxide rings is 1. The molecule has 0 spiro atoms. The van der Waals surface area contributed by atoms with Gasteiger partial charge in [-0.05, 0) is 0 Å². The van der Waals surface area contributed by atoms with Gasteiger partial charge in [0.1, 0.15) is 24.4 Å². The molecule has 0 radical (unpaired) electrons. The Bertz CT molecular complexity index is 194. The fourth-order valence-electron chi connectivity index (χ4n) is 1.29. The van der Waals surface area contributed by atoms with Crippen LogP contribution in [-0.4, -0.2) is 65.8 Å². The van der Waals surface area contributed by atoms with Gasteiger partial charge in [0.15, 0.2) is 6.29 Å². The van der Waals surface area contributed by atoms with Crippen LogP contribution >= 0.6 is 0 Å². The summed E-state index contributed by atoms with van der Waals surface area (Å²) in [5, 5.41) is 27.9. The minimum Gasteiger partial charge on any atom is -0.388 e. The molecular formula is C8H14O6. The molecule has 6 nitrogen and oxygen atoms in total. The van der Waals surface area contributed by atoms with Crippen LogP contribution in [0.25, 0.3) is 0 Å². The fourth-order valence-corrected chi connectivity index (χ4v) is 1.29. The summed E-state index contributed by atoms with van der Waals surface area (Å²) < 4.78 is 15.1. The van der Waals surface area contributed by atoms with Crippen molar-refractivity contribution in [3.8, 4) is 0 Å². The molecule has 2 rings (SSSR count). The van der Waals surface area contributed by atoms with Crippen LogP contribution in [0, 0.1) is 0 Å². The van der Waals surface area contributed by atoms with Gasteiger partial charge in [0.25, 0.3) is 0 Å². The number of ether oxygens (including phenoxy) is 3. The average Bonchev–Trinajstić information content (AvgIpc) is 2.97. The summed E-state index contributed by atoms with van der Waals surface area (Å²) in [7, 11) is 0. The summed E-state index contributed by atoms with van der Waals surface area (Å²) in [6.07, 6.45) is -4.28. The first-order valence-electron chi connectivity index (χ1n) is 4.57. The molecule has 2 aliphatic heterocycles. The van der Waals surface area contributed by atoms with Gasteiger partial charge in [-0.25, -0.2) is 0 Å². The van der Waals surface area contributed by atoms with E-state index in [1.165, 1.54) is 0 Å². The lowest BCUT2D eigenvalue weighted by Crippen LogP contribution is -2.53. The fraction of sp³-hybridized carbons (Fsp3) is 1.00. The summed E-state index contributed by atoms with van der Waals surface area (Å²) >= 11 is 0. The molecule has 2 saturated heterocycles. The Morgan fingerprint density at radius 2 is 1.79 bits per heavy atom. The van der Waals surface area contributed by atoms with Gasteiger partial charge in [-0.1, -0.05) is 0 Å². The highest BCUT2D eigenvalue weighted by Gasteiger charge is 2.39. The minimum absolute atomic E-state index is 0.0333. The van der Waals surface area contributed by atoms with Crippen molar-refractivity contribution in [3.63, 3.8) is 0 Å². The SMILES string of the molecule is O[C@@H]1[C@@H](O)[C@H](OC[C@H]2CO2)OC[C@H]1O. The molecule has 0 aromatic heterocycles. The first-order valence-corrected chi connectivity index (χ1v) is 4.57. The van der Waals surface area contributed by atoms with Crippen molar-refractivity contribution in [2.75, 3.05) is 19.8 Å². The number of aliphatic hydroxyl groups excluding tert-OH is 3. The van der Waals surface area contributed by atoms with Crippen molar-refractivity contribution in [1.29, 1.82) is 0 Å². The zero-order chi connectivity index (χ0) is 10.1. The Hall–Kier alpha value is -0.240. The van der Waals surface area contributed by atoms with E-state index >= 15 is 0 Å². The largest absolute Gasteiger partial charge is 0.388 e. The van der Waals surface area contributed by atoms with Gasteiger partial charge >= 0.3 is 0 Å². The smallest absolute Gasteiger partial charge is 0.186 e. The maximum atomic E-state index is 9.44. The van der Waals surface area contributed by atoms with E-state index in [0.717, 1.165) is 0 Å². The van der Waals surface area contributed by atoms with Gasteiger partial charge in [-0.2, -0.15) is 0 Å². The molecule has 0 aromatic rings. The van der Waals surface area contributed by atoms with Crippen molar-refractivity contribution in [1.82, 2.24) is 0 Å². The van der Waals surface area contributed by atoms with Crippen LogP contribution in [0.15, 0.2) is 0 Å².